The van der Waals surface area contributed by atoms with Crippen LogP contribution in [0.5, 0.6) is 0 Å². The average molecular weight is 381 g/mol. The van der Waals surface area contributed by atoms with E-state index in [9.17, 15) is 8.78 Å². The lowest BCUT2D eigenvalue weighted by atomic mass is 10.0. The highest BCUT2D eigenvalue weighted by molar-refractivity contribution is 5.59. The van der Waals surface area contributed by atoms with Crippen LogP contribution in [0.25, 0.3) is 11.3 Å². The monoisotopic (exact) mass is 381 g/mol. The van der Waals surface area contributed by atoms with Gasteiger partial charge in [0.05, 0.1) is 18.4 Å². The van der Waals surface area contributed by atoms with Crippen molar-refractivity contribution in [3.05, 3.63) is 77.8 Å². The summed E-state index contributed by atoms with van der Waals surface area (Å²) in [5.41, 5.74) is 2.42. The topological polar surface area (TPSA) is 30.3 Å². The molecular formula is C22H21F2N3O. The van der Waals surface area contributed by atoms with Crippen LogP contribution in [0.1, 0.15) is 17.8 Å². The van der Waals surface area contributed by atoms with E-state index in [1.54, 1.807) is 24.4 Å². The largest absolute Gasteiger partial charge is 0.364 e. The van der Waals surface area contributed by atoms with E-state index in [1.165, 1.54) is 18.2 Å². The third kappa shape index (κ3) is 3.23. The van der Waals surface area contributed by atoms with Crippen LogP contribution in [0, 0.1) is 11.6 Å². The van der Waals surface area contributed by atoms with Gasteiger partial charge in [-0.2, -0.15) is 0 Å². The van der Waals surface area contributed by atoms with E-state index in [1.807, 2.05) is 12.1 Å². The van der Waals surface area contributed by atoms with Gasteiger partial charge in [-0.15, -0.1) is 0 Å². The van der Waals surface area contributed by atoms with Gasteiger partial charge in [0.2, 0.25) is 0 Å². The molecule has 1 spiro atoms. The van der Waals surface area contributed by atoms with Crippen LogP contribution >= 0.6 is 0 Å². The Balaban J connectivity index is 1.36. The SMILES string of the molecule is Fc1cccc(CN2CCC3(C2)Cn2c(-c4cccc(F)c4)cnc2CO3)c1. The zero-order valence-corrected chi connectivity index (χ0v) is 15.4. The maximum absolute atomic E-state index is 13.7. The molecule has 1 unspecified atom stereocenters. The standard InChI is InChI=1S/C22H21F2N3O/c23-18-5-1-3-16(9-18)12-26-8-7-22(14-26)15-27-20(11-25-21(27)13-28-22)17-4-2-6-19(24)10-17/h1-6,9-11H,7-8,12-15H2. The molecule has 0 amide bonds. The van der Waals surface area contributed by atoms with Gasteiger partial charge >= 0.3 is 0 Å². The Labute approximate surface area is 162 Å². The number of hydrogen-bond acceptors (Lipinski definition) is 3. The first-order valence-electron chi connectivity index (χ1n) is 9.51. The Morgan fingerprint density at radius 1 is 1.04 bits per heavy atom. The molecule has 0 bridgehead atoms. The number of fused-ring (bicyclic) bond motifs is 1. The summed E-state index contributed by atoms with van der Waals surface area (Å²) < 4.78 is 35.6. The van der Waals surface area contributed by atoms with Crippen molar-refractivity contribution in [1.82, 2.24) is 14.5 Å². The number of halogens is 2. The van der Waals surface area contributed by atoms with E-state index in [-0.39, 0.29) is 17.2 Å². The van der Waals surface area contributed by atoms with Crippen LogP contribution in [-0.2, 0) is 24.4 Å². The summed E-state index contributed by atoms with van der Waals surface area (Å²) >= 11 is 0. The number of likely N-dealkylation sites (tertiary alicyclic amines) is 1. The molecule has 144 valence electrons. The highest BCUT2D eigenvalue weighted by Gasteiger charge is 2.43. The van der Waals surface area contributed by atoms with Gasteiger partial charge < -0.3 is 9.30 Å². The fourth-order valence-electron chi connectivity index (χ4n) is 4.34. The van der Waals surface area contributed by atoms with Gasteiger partial charge in [-0.3, -0.25) is 4.90 Å². The Morgan fingerprint density at radius 2 is 1.86 bits per heavy atom. The van der Waals surface area contributed by atoms with E-state index in [0.717, 1.165) is 42.2 Å². The minimum Gasteiger partial charge on any atom is -0.364 e. The molecule has 3 heterocycles. The van der Waals surface area contributed by atoms with Gasteiger partial charge in [0.25, 0.3) is 0 Å². The maximum Gasteiger partial charge on any atom is 0.135 e. The second-order valence-corrected chi connectivity index (χ2v) is 7.72. The van der Waals surface area contributed by atoms with E-state index in [2.05, 4.69) is 14.5 Å². The lowest BCUT2D eigenvalue weighted by Crippen LogP contribution is -2.44. The average Bonchev–Trinajstić information content (AvgIpc) is 3.26. The molecule has 0 saturated carbocycles. The molecule has 28 heavy (non-hydrogen) atoms. The van der Waals surface area contributed by atoms with Crippen LogP contribution in [0.2, 0.25) is 0 Å². The first kappa shape index (κ1) is 17.5. The summed E-state index contributed by atoms with van der Waals surface area (Å²) in [4.78, 5) is 6.78. The minimum absolute atomic E-state index is 0.205. The third-order valence-corrected chi connectivity index (χ3v) is 5.70. The highest BCUT2D eigenvalue weighted by Crippen LogP contribution is 2.35. The number of imidazole rings is 1. The smallest absolute Gasteiger partial charge is 0.135 e. The van der Waals surface area contributed by atoms with Crippen molar-refractivity contribution in [2.45, 2.75) is 31.7 Å². The van der Waals surface area contributed by atoms with Crippen LogP contribution in [-0.4, -0.2) is 33.1 Å². The molecule has 0 aliphatic carbocycles. The summed E-state index contributed by atoms with van der Waals surface area (Å²) in [5, 5.41) is 0. The van der Waals surface area contributed by atoms with Gasteiger partial charge in [-0.25, -0.2) is 13.8 Å². The number of ether oxygens (including phenoxy) is 1. The molecule has 1 fully saturated rings. The van der Waals surface area contributed by atoms with Crippen LogP contribution in [0.15, 0.2) is 54.7 Å². The molecule has 5 rings (SSSR count). The van der Waals surface area contributed by atoms with Gasteiger partial charge in [0.1, 0.15) is 29.7 Å². The van der Waals surface area contributed by atoms with Crippen molar-refractivity contribution in [3.8, 4) is 11.3 Å². The van der Waals surface area contributed by atoms with E-state index >= 15 is 0 Å². The maximum atomic E-state index is 13.7. The summed E-state index contributed by atoms with van der Waals surface area (Å²) in [7, 11) is 0. The second-order valence-electron chi connectivity index (χ2n) is 7.72. The number of hydrogen-bond donors (Lipinski definition) is 0. The second kappa shape index (κ2) is 6.79. The number of benzene rings is 2. The fourth-order valence-corrected chi connectivity index (χ4v) is 4.34. The zero-order chi connectivity index (χ0) is 19.1. The molecule has 2 aromatic carbocycles. The molecule has 0 radical (unpaired) electrons. The Kier molecular flexibility index (Phi) is 4.25. The third-order valence-electron chi connectivity index (χ3n) is 5.70. The van der Waals surface area contributed by atoms with Gasteiger partial charge in [0.15, 0.2) is 0 Å². The van der Waals surface area contributed by atoms with Gasteiger partial charge in [-0.1, -0.05) is 24.3 Å². The minimum atomic E-state index is -0.289. The molecule has 1 atom stereocenters. The summed E-state index contributed by atoms with van der Waals surface area (Å²) in [6.45, 7) is 3.52. The van der Waals surface area contributed by atoms with Crippen molar-refractivity contribution in [2.24, 2.45) is 0 Å². The Hall–Kier alpha value is -2.57. The molecule has 2 aliphatic rings. The van der Waals surface area contributed by atoms with E-state index in [0.29, 0.717) is 19.7 Å². The molecule has 2 aliphatic heterocycles. The van der Waals surface area contributed by atoms with Gasteiger partial charge in [0, 0.05) is 25.2 Å². The Bertz CT molecular complexity index is 1020. The predicted molar refractivity (Wildman–Crippen MR) is 101 cm³/mol. The molecule has 0 N–H and O–H groups in total. The van der Waals surface area contributed by atoms with Crippen molar-refractivity contribution in [1.29, 1.82) is 0 Å². The predicted octanol–water partition coefficient (Wildman–Crippen LogP) is 4.00. The van der Waals surface area contributed by atoms with Crippen molar-refractivity contribution in [3.63, 3.8) is 0 Å². The van der Waals surface area contributed by atoms with Crippen LogP contribution in [0.4, 0.5) is 8.78 Å². The number of nitrogens with zero attached hydrogens (tertiary/aromatic N) is 3. The van der Waals surface area contributed by atoms with Gasteiger partial charge in [-0.05, 0) is 36.2 Å². The molecule has 4 nitrogen and oxygen atoms in total. The first-order chi connectivity index (χ1) is 13.6. The highest BCUT2D eigenvalue weighted by atomic mass is 19.1. The summed E-state index contributed by atoms with van der Waals surface area (Å²) in [6, 6.07) is 13.4. The lowest BCUT2D eigenvalue weighted by Gasteiger charge is -2.35. The molecule has 1 saturated heterocycles. The van der Waals surface area contributed by atoms with Crippen molar-refractivity contribution < 1.29 is 13.5 Å². The molecule has 3 aromatic rings. The zero-order valence-electron chi connectivity index (χ0n) is 15.4. The molecule has 1 aromatic heterocycles. The number of rotatable bonds is 3. The van der Waals surface area contributed by atoms with Crippen molar-refractivity contribution >= 4 is 0 Å². The Morgan fingerprint density at radius 3 is 2.68 bits per heavy atom. The van der Waals surface area contributed by atoms with Crippen molar-refractivity contribution in [2.75, 3.05) is 13.1 Å². The van der Waals surface area contributed by atoms with E-state index in [4.69, 9.17) is 4.74 Å². The fraction of sp³-hybridized carbons (Fsp3) is 0.318. The molecular weight excluding hydrogens is 360 g/mol. The van der Waals surface area contributed by atoms with Crippen LogP contribution < -0.4 is 0 Å². The van der Waals surface area contributed by atoms with E-state index < -0.39 is 0 Å². The van der Waals surface area contributed by atoms with Crippen LogP contribution in [0.3, 0.4) is 0 Å². The summed E-state index contributed by atoms with van der Waals surface area (Å²) in [6.07, 6.45) is 2.70. The quantitative estimate of drug-likeness (QED) is 0.687. The molecule has 6 heteroatoms. The number of aromatic nitrogens is 2. The normalized spacial score (nSPS) is 21.9. The first-order valence-corrected chi connectivity index (χ1v) is 9.51. The lowest BCUT2D eigenvalue weighted by molar-refractivity contribution is -0.0821. The summed E-state index contributed by atoms with van der Waals surface area (Å²) in [5.74, 6) is 0.411.